The molecule has 2 aromatic carbocycles. The van der Waals surface area contributed by atoms with E-state index >= 15 is 0 Å². The largest absolute Gasteiger partial charge is 0.488 e. The Balaban J connectivity index is 1.53. The number of carboxylic acids is 1. The van der Waals surface area contributed by atoms with Crippen LogP contribution in [0.1, 0.15) is 21.7 Å². The number of halogens is 4. The zero-order chi connectivity index (χ0) is 23.9. The third kappa shape index (κ3) is 4.70. The van der Waals surface area contributed by atoms with Crippen LogP contribution in [-0.2, 0) is 24.1 Å². The molecule has 0 unspecified atom stereocenters. The number of thiazole rings is 1. The van der Waals surface area contributed by atoms with Crippen LogP contribution in [-0.4, -0.2) is 20.6 Å². The van der Waals surface area contributed by atoms with Gasteiger partial charge in [0.2, 0.25) is 0 Å². The van der Waals surface area contributed by atoms with E-state index in [9.17, 15) is 22.4 Å². The van der Waals surface area contributed by atoms with Crippen LogP contribution in [0.2, 0.25) is 0 Å². The molecule has 1 N–H and O–H groups in total. The molecule has 4 aromatic rings. The first-order chi connectivity index (χ1) is 15.5. The fraction of sp³-hybridized carbons (Fsp3) is 0.217. The molecule has 0 amide bonds. The monoisotopic (exact) mass is 478 g/mol. The van der Waals surface area contributed by atoms with Gasteiger partial charge in [0, 0.05) is 22.7 Å². The molecule has 5 nitrogen and oxygen atoms in total. The molecule has 0 saturated carbocycles. The summed E-state index contributed by atoms with van der Waals surface area (Å²) in [7, 11) is 0. The van der Waals surface area contributed by atoms with E-state index in [0.717, 1.165) is 27.4 Å². The fourth-order valence-electron chi connectivity index (χ4n) is 3.53. The highest BCUT2D eigenvalue weighted by atomic mass is 32.1. The van der Waals surface area contributed by atoms with Crippen molar-refractivity contribution >= 4 is 28.2 Å². The summed E-state index contributed by atoms with van der Waals surface area (Å²) in [6.07, 6.45) is -2.99. The highest BCUT2D eigenvalue weighted by Gasteiger charge is 2.34. The average molecular weight is 478 g/mol. The number of carboxylic acid groups (broad SMARTS) is 1. The summed E-state index contributed by atoms with van der Waals surface area (Å²) in [5, 5.41) is 10.3. The lowest BCUT2D eigenvalue weighted by Crippen LogP contribution is -2.07. The predicted molar refractivity (Wildman–Crippen MR) is 116 cm³/mol. The number of fused-ring (bicyclic) bond motifs is 1. The van der Waals surface area contributed by atoms with Crippen molar-refractivity contribution in [1.29, 1.82) is 0 Å². The maximum absolute atomic E-state index is 13.9. The maximum atomic E-state index is 13.9. The highest BCUT2D eigenvalue weighted by molar-refractivity contribution is 7.15. The smallest absolute Gasteiger partial charge is 0.419 e. The number of benzene rings is 2. The molecule has 0 radical (unpaired) electrons. The summed E-state index contributed by atoms with van der Waals surface area (Å²) in [5.74, 6) is -1.70. The number of aromatic nitrogens is 2. The quantitative estimate of drug-likeness (QED) is 0.335. The van der Waals surface area contributed by atoms with Gasteiger partial charge in [0.25, 0.3) is 0 Å². The van der Waals surface area contributed by atoms with E-state index in [-0.39, 0.29) is 18.7 Å². The van der Waals surface area contributed by atoms with Crippen molar-refractivity contribution in [3.63, 3.8) is 0 Å². The average Bonchev–Trinajstić information content (AvgIpc) is 3.24. The first-order valence-corrected chi connectivity index (χ1v) is 10.6. The molecule has 0 aliphatic rings. The Morgan fingerprint density at radius 3 is 2.61 bits per heavy atom. The highest BCUT2D eigenvalue weighted by Crippen LogP contribution is 2.35. The van der Waals surface area contributed by atoms with Gasteiger partial charge in [-0.3, -0.25) is 4.79 Å². The minimum atomic E-state index is -4.76. The molecule has 0 aliphatic carbocycles. The molecule has 0 bridgehead atoms. The molecule has 2 heterocycles. The number of rotatable bonds is 6. The van der Waals surface area contributed by atoms with E-state index in [1.807, 2.05) is 13.0 Å². The van der Waals surface area contributed by atoms with E-state index in [0.29, 0.717) is 22.5 Å². The molecule has 0 atom stereocenters. The van der Waals surface area contributed by atoms with Gasteiger partial charge in [0.05, 0.1) is 16.1 Å². The molecule has 0 spiro atoms. The molecular formula is C23H18F4N2O3S. The van der Waals surface area contributed by atoms with Gasteiger partial charge >= 0.3 is 12.1 Å². The van der Waals surface area contributed by atoms with Gasteiger partial charge in [-0.2, -0.15) is 13.2 Å². The second-order valence-corrected chi connectivity index (χ2v) is 8.60. The van der Waals surface area contributed by atoms with Gasteiger partial charge in [-0.25, -0.2) is 9.37 Å². The second-order valence-electron chi connectivity index (χ2n) is 7.52. The first kappa shape index (κ1) is 22.8. The topological polar surface area (TPSA) is 64.4 Å². The first-order valence-electron chi connectivity index (χ1n) is 9.80. The molecule has 33 heavy (non-hydrogen) atoms. The van der Waals surface area contributed by atoms with Crippen molar-refractivity contribution in [2.45, 2.75) is 33.2 Å². The molecule has 0 saturated heterocycles. The molecular weight excluding hydrogens is 460 g/mol. The van der Waals surface area contributed by atoms with Crippen molar-refractivity contribution < 1.29 is 32.2 Å². The van der Waals surface area contributed by atoms with E-state index in [2.05, 4.69) is 4.98 Å². The number of alkyl halides is 3. The van der Waals surface area contributed by atoms with Crippen molar-refractivity contribution in [1.82, 2.24) is 9.55 Å². The number of aryl methyl sites for hydroxylation is 2. The van der Waals surface area contributed by atoms with Crippen LogP contribution in [0.15, 0.2) is 42.6 Å². The fourth-order valence-corrected chi connectivity index (χ4v) is 4.50. The lowest BCUT2D eigenvalue weighted by molar-refractivity contribution is -0.140. The Kier molecular flexibility index (Phi) is 5.87. The van der Waals surface area contributed by atoms with Gasteiger partial charge in [0.15, 0.2) is 0 Å². The van der Waals surface area contributed by atoms with Crippen LogP contribution in [0.5, 0.6) is 5.75 Å². The summed E-state index contributed by atoms with van der Waals surface area (Å²) >= 11 is 1.22. The van der Waals surface area contributed by atoms with Crippen LogP contribution in [0.4, 0.5) is 17.6 Å². The molecule has 2 aromatic heterocycles. The second kappa shape index (κ2) is 8.51. The van der Waals surface area contributed by atoms with Crippen LogP contribution in [0.3, 0.4) is 0 Å². The number of hydrogen-bond acceptors (Lipinski definition) is 4. The van der Waals surface area contributed by atoms with Crippen LogP contribution >= 0.6 is 11.3 Å². The molecule has 172 valence electrons. The van der Waals surface area contributed by atoms with Crippen molar-refractivity contribution in [2.24, 2.45) is 0 Å². The summed E-state index contributed by atoms with van der Waals surface area (Å²) in [6.45, 7) is 3.66. The van der Waals surface area contributed by atoms with Crippen molar-refractivity contribution in [3.8, 4) is 16.3 Å². The zero-order valence-corrected chi connectivity index (χ0v) is 18.4. The van der Waals surface area contributed by atoms with Crippen molar-refractivity contribution in [2.75, 3.05) is 0 Å². The van der Waals surface area contributed by atoms with Gasteiger partial charge in [-0.05, 0) is 49.7 Å². The predicted octanol–water partition coefficient (Wildman–Crippen LogP) is 6.20. The maximum Gasteiger partial charge on any atom is 0.419 e. The van der Waals surface area contributed by atoms with E-state index in [1.165, 1.54) is 17.4 Å². The van der Waals surface area contributed by atoms with Crippen molar-refractivity contribution in [3.05, 3.63) is 70.1 Å². The SMILES string of the molecule is Cc1nc(-c2ccc(C(F)(F)F)c(F)c2)sc1COc1ccc2c(c1)c(C)cn2CC(=O)O. The molecule has 4 rings (SSSR count). The Morgan fingerprint density at radius 1 is 1.18 bits per heavy atom. The third-order valence-electron chi connectivity index (χ3n) is 5.14. The van der Waals surface area contributed by atoms with Gasteiger partial charge < -0.3 is 14.4 Å². The minimum absolute atomic E-state index is 0.141. The summed E-state index contributed by atoms with van der Waals surface area (Å²) in [6, 6.07) is 8.11. The Hall–Kier alpha value is -3.40. The molecule has 10 heteroatoms. The van der Waals surface area contributed by atoms with Gasteiger partial charge in [0.1, 0.15) is 29.7 Å². The number of hydrogen-bond donors (Lipinski definition) is 1. The Morgan fingerprint density at radius 2 is 1.94 bits per heavy atom. The van der Waals surface area contributed by atoms with Gasteiger partial charge in [-0.1, -0.05) is 6.07 Å². The normalized spacial score (nSPS) is 11.8. The molecule has 0 aliphatic heterocycles. The van der Waals surface area contributed by atoms with Gasteiger partial charge in [-0.15, -0.1) is 11.3 Å². The standard InChI is InChI=1S/C23H18F4N2O3S/c1-12-9-29(10-21(30)31)19-6-4-15(8-16(12)19)32-11-20-13(2)28-22(33-20)14-3-5-17(18(24)7-14)23(25,26)27/h3-9H,10-11H2,1-2H3,(H,30,31). The Bertz CT molecular complexity index is 1360. The number of carbonyl (C=O) groups is 1. The van der Waals surface area contributed by atoms with E-state index in [4.69, 9.17) is 9.84 Å². The minimum Gasteiger partial charge on any atom is -0.488 e. The third-order valence-corrected chi connectivity index (χ3v) is 6.32. The van der Waals surface area contributed by atoms with E-state index in [1.54, 1.807) is 29.8 Å². The summed E-state index contributed by atoms with van der Waals surface area (Å²) in [5.41, 5.74) is 1.28. The van der Waals surface area contributed by atoms with Crippen LogP contribution < -0.4 is 4.74 Å². The lowest BCUT2D eigenvalue weighted by Gasteiger charge is -2.08. The van der Waals surface area contributed by atoms with E-state index < -0.39 is 23.5 Å². The molecule has 0 fully saturated rings. The Labute approximate surface area is 189 Å². The number of aliphatic carboxylic acids is 1. The number of nitrogens with zero attached hydrogens (tertiary/aromatic N) is 2. The summed E-state index contributed by atoms with van der Waals surface area (Å²) in [4.78, 5) is 16.2. The summed E-state index contributed by atoms with van der Waals surface area (Å²) < 4.78 is 59.9. The zero-order valence-electron chi connectivity index (χ0n) is 17.5. The lowest BCUT2D eigenvalue weighted by atomic mass is 10.1. The van der Waals surface area contributed by atoms with Crippen LogP contribution in [0.25, 0.3) is 21.5 Å². The van der Waals surface area contributed by atoms with Crippen LogP contribution in [0, 0.1) is 19.7 Å². The number of ether oxygens (including phenoxy) is 1.